The van der Waals surface area contributed by atoms with E-state index in [9.17, 15) is 14.4 Å². The van der Waals surface area contributed by atoms with Gasteiger partial charge in [-0.25, -0.2) is 4.79 Å². The van der Waals surface area contributed by atoms with Crippen molar-refractivity contribution in [3.05, 3.63) is 0 Å². The van der Waals surface area contributed by atoms with Gasteiger partial charge in [0.25, 0.3) is 0 Å². The van der Waals surface area contributed by atoms with Crippen molar-refractivity contribution in [2.75, 3.05) is 6.54 Å². The van der Waals surface area contributed by atoms with Gasteiger partial charge in [-0.1, -0.05) is 33.1 Å². The Kier molecular flexibility index (Phi) is 6.65. The Morgan fingerprint density at radius 1 is 1.10 bits per heavy atom. The van der Waals surface area contributed by atoms with Crippen LogP contribution in [-0.2, 0) is 9.59 Å². The van der Waals surface area contributed by atoms with E-state index in [4.69, 9.17) is 5.11 Å². The van der Waals surface area contributed by atoms with Crippen molar-refractivity contribution in [1.82, 2.24) is 10.6 Å². The number of carbonyl (C=O) groups is 3. The minimum atomic E-state index is -0.949. The number of rotatable bonds is 6. The topological polar surface area (TPSA) is 95.5 Å². The van der Waals surface area contributed by atoms with Gasteiger partial charge in [0.15, 0.2) is 0 Å². The molecule has 0 radical (unpaired) electrons. The summed E-state index contributed by atoms with van der Waals surface area (Å²) in [5.74, 6) is -0.889. The molecule has 21 heavy (non-hydrogen) atoms. The van der Waals surface area contributed by atoms with Crippen molar-refractivity contribution in [3.8, 4) is 0 Å². The molecule has 0 bridgehead atoms. The van der Waals surface area contributed by atoms with Crippen LogP contribution < -0.4 is 10.6 Å². The molecule has 1 rings (SSSR count). The second-order valence-electron chi connectivity index (χ2n) is 6.67. The highest BCUT2D eigenvalue weighted by Crippen LogP contribution is 2.25. The summed E-state index contributed by atoms with van der Waals surface area (Å²) in [6.07, 6.45) is 5.83. The number of nitrogens with one attached hydrogen (secondary N) is 2. The van der Waals surface area contributed by atoms with Crippen LogP contribution in [0.2, 0.25) is 0 Å². The van der Waals surface area contributed by atoms with Gasteiger partial charge in [0.2, 0.25) is 5.91 Å². The van der Waals surface area contributed by atoms with E-state index in [1.54, 1.807) is 13.8 Å². The third-order valence-electron chi connectivity index (χ3n) is 3.80. The van der Waals surface area contributed by atoms with Crippen LogP contribution in [0.4, 0.5) is 4.79 Å². The van der Waals surface area contributed by atoms with Gasteiger partial charge >= 0.3 is 12.0 Å². The molecule has 0 aromatic heterocycles. The molecule has 0 saturated heterocycles. The fourth-order valence-electron chi connectivity index (χ4n) is 2.75. The van der Waals surface area contributed by atoms with Gasteiger partial charge in [0.05, 0.1) is 6.42 Å². The van der Waals surface area contributed by atoms with E-state index in [1.807, 2.05) is 0 Å². The lowest BCUT2D eigenvalue weighted by atomic mass is 9.85. The molecule has 6 nitrogen and oxygen atoms in total. The van der Waals surface area contributed by atoms with Crippen LogP contribution >= 0.6 is 0 Å². The number of hydrogen-bond donors (Lipinski definition) is 3. The van der Waals surface area contributed by atoms with Crippen molar-refractivity contribution in [1.29, 1.82) is 0 Å². The van der Waals surface area contributed by atoms with Crippen molar-refractivity contribution < 1.29 is 19.5 Å². The SMILES string of the molecule is CC(C)(CC(=O)O)CC(=O)NC(=O)NCC1CCCCC1. The van der Waals surface area contributed by atoms with Gasteiger partial charge in [-0.05, 0) is 24.2 Å². The molecule has 120 valence electrons. The zero-order chi connectivity index (χ0) is 15.9. The number of carbonyl (C=O) groups excluding carboxylic acids is 2. The molecule has 3 N–H and O–H groups in total. The van der Waals surface area contributed by atoms with Crippen LogP contribution in [0.3, 0.4) is 0 Å². The third-order valence-corrected chi connectivity index (χ3v) is 3.80. The first-order valence-electron chi connectivity index (χ1n) is 7.58. The molecule has 1 aliphatic carbocycles. The van der Waals surface area contributed by atoms with Crippen LogP contribution in [0.1, 0.15) is 58.8 Å². The van der Waals surface area contributed by atoms with Crippen LogP contribution in [-0.4, -0.2) is 29.6 Å². The first kappa shape index (κ1) is 17.5. The number of carboxylic acids is 1. The summed E-state index contributed by atoms with van der Waals surface area (Å²) in [5.41, 5.74) is -0.667. The van der Waals surface area contributed by atoms with Gasteiger partial charge < -0.3 is 10.4 Å². The number of imide groups is 1. The van der Waals surface area contributed by atoms with E-state index in [2.05, 4.69) is 10.6 Å². The highest BCUT2D eigenvalue weighted by Gasteiger charge is 2.26. The van der Waals surface area contributed by atoms with Crippen molar-refractivity contribution in [2.45, 2.75) is 58.8 Å². The van der Waals surface area contributed by atoms with Gasteiger partial charge in [-0.3, -0.25) is 14.9 Å². The number of carboxylic acid groups (broad SMARTS) is 1. The second kappa shape index (κ2) is 8.00. The molecule has 1 saturated carbocycles. The maximum atomic E-state index is 11.7. The minimum absolute atomic E-state index is 0.0101. The summed E-state index contributed by atoms with van der Waals surface area (Å²) in [5, 5.41) is 13.8. The molecule has 0 aliphatic heterocycles. The average molecular weight is 298 g/mol. The Bertz CT molecular complexity index is 387. The Hall–Kier alpha value is -1.59. The Morgan fingerprint density at radius 2 is 1.71 bits per heavy atom. The molecule has 0 heterocycles. The average Bonchev–Trinajstić information content (AvgIpc) is 2.35. The van der Waals surface area contributed by atoms with E-state index in [0.29, 0.717) is 12.5 Å². The Labute approximate surface area is 125 Å². The van der Waals surface area contributed by atoms with Crippen molar-refractivity contribution in [3.63, 3.8) is 0 Å². The molecule has 0 unspecified atom stereocenters. The van der Waals surface area contributed by atoms with Crippen molar-refractivity contribution >= 4 is 17.9 Å². The summed E-state index contributed by atoms with van der Waals surface area (Å²) < 4.78 is 0. The van der Waals surface area contributed by atoms with Crippen LogP contribution in [0.15, 0.2) is 0 Å². The maximum Gasteiger partial charge on any atom is 0.321 e. The highest BCUT2D eigenvalue weighted by molar-refractivity contribution is 5.94. The van der Waals surface area contributed by atoms with Crippen LogP contribution in [0.25, 0.3) is 0 Å². The first-order valence-corrected chi connectivity index (χ1v) is 7.58. The van der Waals surface area contributed by atoms with Gasteiger partial charge in [-0.15, -0.1) is 0 Å². The molecular weight excluding hydrogens is 272 g/mol. The summed E-state index contributed by atoms with van der Waals surface area (Å²) in [6.45, 7) is 3.99. The molecule has 3 amide bonds. The van der Waals surface area contributed by atoms with E-state index in [0.717, 1.165) is 12.8 Å². The summed E-state index contributed by atoms with van der Waals surface area (Å²) >= 11 is 0. The van der Waals surface area contributed by atoms with Gasteiger partial charge in [-0.2, -0.15) is 0 Å². The van der Waals surface area contributed by atoms with Gasteiger partial charge in [0, 0.05) is 13.0 Å². The lowest BCUT2D eigenvalue weighted by Gasteiger charge is -2.23. The number of amides is 3. The van der Waals surface area contributed by atoms with Crippen LogP contribution in [0.5, 0.6) is 0 Å². The zero-order valence-electron chi connectivity index (χ0n) is 12.9. The molecule has 6 heteroatoms. The number of hydrogen-bond acceptors (Lipinski definition) is 3. The normalized spacial score (nSPS) is 16.3. The lowest BCUT2D eigenvalue weighted by molar-refractivity contribution is -0.139. The predicted molar refractivity (Wildman–Crippen MR) is 78.8 cm³/mol. The standard InChI is InChI=1S/C15H26N2O4/c1-15(2,9-13(19)20)8-12(18)17-14(21)16-10-11-6-4-3-5-7-11/h11H,3-10H2,1-2H3,(H,19,20)(H2,16,17,18,21). The van der Waals surface area contributed by atoms with E-state index in [-0.39, 0.29) is 12.8 Å². The lowest BCUT2D eigenvalue weighted by Crippen LogP contribution is -2.43. The summed E-state index contributed by atoms with van der Waals surface area (Å²) in [4.78, 5) is 34.1. The summed E-state index contributed by atoms with van der Waals surface area (Å²) in [6, 6.07) is -0.489. The van der Waals surface area contributed by atoms with Crippen LogP contribution in [0, 0.1) is 11.3 Å². The molecule has 0 aromatic carbocycles. The number of aliphatic carboxylic acids is 1. The van der Waals surface area contributed by atoms with E-state index in [1.165, 1.54) is 19.3 Å². The molecule has 0 atom stereocenters. The zero-order valence-corrected chi connectivity index (χ0v) is 12.9. The molecule has 1 fully saturated rings. The Morgan fingerprint density at radius 3 is 2.29 bits per heavy atom. The molecule has 0 spiro atoms. The maximum absolute atomic E-state index is 11.7. The minimum Gasteiger partial charge on any atom is -0.481 e. The van der Waals surface area contributed by atoms with Gasteiger partial charge in [0.1, 0.15) is 0 Å². The largest absolute Gasteiger partial charge is 0.481 e. The fraction of sp³-hybridized carbons (Fsp3) is 0.800. The monoisotopic (exact) mass is 298 g/mol. The smallest absolute Gasteiger partial charge is 0.321 e. The molecule has 0 aromatic rings. The predicted octanol–water partition coefficient (Wildman–Crippen LogP) is 2.28. The number of urea groups is 1. The third kappa shape index (κ3) is 7.68. The Balaban J connectivity index is 2.26. The van der Waals surface area contributed by atoms with E-state index < -0.39 is 23.3 Å². The van der Waals surface area contributed by atoms with E-state index >= 15 is 0 Å². The quantitative estimate of drug-likeness (QED) is 0.701. The van der Waals surface area contributed by atoms with Crippen molar-refractivity contribution in [2.24, 2.45) is 11.3 Å². The molecular formula is C15H26N2O4. The first-order chi connectivity index (χ1) is 9.78. The molecule has 1 aliphatic rings. The summed E-state index contributed by atoms with van der Waals surface area (Å²) in [7, 11) is 0. The highest BCUT2D eigenvalue weighted by atomic mass is 16.4. The fourth-order valence-corrected chi connectivity index (χ4v) is 2.75. The second-order valence-corrected chi connectivity index (χ2v) is 6.67.